The van der Waals surface area contributed by atoms with Crippen LogP contribution in [0.2, 0.25) is 5.02 Å². The highest BCUT2D eigenvalue weighted by Gasteiger charge is 2.34. The van der Waals surface area contributed by atoms with Crippen molar-refractivity contribution in [2.75, 3.05) is 6.54 Å². The summed E-state index contributed by atoms with van der Waals surface area (Å²) in [5, 5.41) is 2.94. The molecule has 0 aromatic heterocycles. The SMILES string of the molecule is O=C(CCCNC(=O)c1ccccc1C(F)(F)F)c1ccc(Cl)cc1. The van der Waals surface area contributed by atoms with Crippen molar-refractivity contribution >= 4 is 23.3 Å². The van der Waals surface area contributed by atoms with E-state index in [0.29, 0.717) is 17.0 Å². The van der Waals surface area contributed by atoms with Crippen LogP contribution in [0.5, 0.6) is 0 Å². The van der Waals surface area contributed by atoms with Crippen LogP contribution < -0.4 is 5.32 Å². The van der Waals surface area contributed by atoms with Crippen LogP contribution in [0.4, 0.5) is 13.2 Å². The van der Waals surface area contributed by atoms with E-state index in [-0.39, 0.29) is 18.7 Å². The summed E-state index contributed by atoms with van der Waals surface area (Å²) in [5.74, 6) is -0.937. The number of carbonyl (C=O) groups excluding carboxylic acids is 2. The van der Waals surface area contributed by atoms with Gasteiger partial charge in [0.15, 0.2) is 5.78 Å². The summed E-state index contributed by atoms with van der Waals surface area (Å²) in [6.07, 6.45) is -4.11. The van der Waals surface area contributed by atoms with Crippen molar-refractivity contribution in [1.82, 2.24) is 5.32 Å². The Bertz CT molecular complexity index is 758. The van der Waals surface area contributed by atoms with E-state index in [1.807, 2.05) is 0 Å². The van der Waals surface area contributed by atoms with Gasteiger partial charge in [-0.1, -0.05) is 23.7 Å². The van der Waals surface area contributed by atoms with E-state index in [1.54, 1.807) is 24.3 Å². The van der Waals surface area contributed by atoms with Gasteiger partial charge >= 0.3 is 6.18 Å². The highest BCUT2D eigenvalue weighted by molar-refractivity contribution is 6.30. The molecular formula is C18H15ClF3NO2. The van der Waals surface area contributed by atoms with E-state index >= 15 is 0 Å². The number of hydrogen-bond acceptors (Lipinski definition) is 2. The molecule has 2 aromatic rings. The number of ketones is 1. The Labute approximate surface area is 147 Å². The fourth-order valence-corrected chi connectivity index (χ4v) is 2.38. The summed E-state index contributed by atoms with van der Waals surface area (Å²) in [6.45, 7) is 0.102. The Morgan fingerprint density at radius 1 is 1.00 bits per heavy atom. The number of nitrogens with one attached hydrogen (secondary N) is 1. The van der Waals surface area contributed by atoms with E-state index in [9.17, 15) is 22.8 Å². The van der Waals surface area contributed by atoms with Gasteiger partial charge in [0, 0.05) is 23.6 Å². The van der Waals surface area contributed by atoms with Crippen LogP contribution in [0.15, 0.2) is 48.5 Å². The van der Waals surface area contributed by atoms with Crippen molar-refractivity contribution in [2.45, 2.75) is 19.0 Å². The average molecular weight is 370 g/mol. The predicted octanol–water partition coefficient (Wildman–Crippen LogP) is 4.75. The lowest BCUT2D eigenvalue weighted by atomic mass is 10.1. The summed E-state index contributed by atoms with van der Waals surface area (Å²) in [7, 11) is 0. The lowest BCUT2D eigenvalue weighted by molar-refractivity contribution is -0.137. The molecular weight excluding hydrogens is 355 g/mol. The molecule has 0 aliphatic rings. The zero-order valence-corrected chi connectivity index (χ0v) is 13.8. The number of carbonyl (C=O) groups is 2. The van der Waals surface area contributed by atoms with Crippen LogP contribution in [0.3, 0.4) is 0 Å². The third-order valence-electron chi connectivity index (χ3n) is 3.51. The van der Waals surface area contributed by atoms with Crippen molar-refractivity contribution < 1.29 is 22.8 Å². The lowest BCUT2D eigenvalue weighted by Gasteiger charge is -2.12. The average Bonchev–Trinajstić information content (AvgIpc) is 2.58. The Hall–Kier alpha value is -2.34. The molecule has 0 fully saturated rings. The summed E-state index contributed by atoms with van der Waals surface area (Å²) in [4.78, 5) is 23.9. The van der Waals surface area contributed by atoms with Crippen LogP contribution in [-0.2, 0) is 6.18 Å². The maximum Gasteiger partial charge on any atom is 0.417 e. The third-order valence-corrected chi connectivity index (χ3v) is 3.76. The molecule has 7 heteroatoms. The van der Waals surface area contributed by atoms with Crippen molar-refractivity contribution in [3.05, 3.63) is 70.2 Å². The zero-order chi connectivity index (χ0) is 18.4. The topological polar surface area (TPSA) is 46.2 Å². The molecule has 3 nitrogen and oxygen atoms in total. The van der Waals surface area contributed by atoms with Crippen LogP contribution in [0.1, 0.15) is 39.1 Å². The molecule has 0 bridgehead atoms. The minimum Gasteiger partial charge on any atom is -0.352 e. The van der Waals surface area contributed by atoms with Gasteiger partial charge in [0.05, 0.1) is 11.1 Å². The smallest absolute Gasteiger partial charge is 0.352 e. The van der Waals surface area contributed by atoms with Crippen molar-refractivity contribution in [1.29, 1.82) is 0 Å². The zero-order valence-electron chi connectivity index (χ0n) is 13.1. The normalized spacial score (nSPS) is 11.2. The molecule has 0 aliphatic carbocycles. The van der Waals surface area contributed by atoms with E-state index in [2.05, 4.69) is 5.32 Å². The van der Waals surface area contributed by atoms with Crippen LogP contribution in [0, 0.1) is 0 Å². The summed E-state index contributed by atoms with van der Waals surface area (Å²) < 4.78 is 38.7. The molecule has 2 rings (SSSR count). The molecule has 0 unspecified atom stereocenters. The Balaban J connectivity index is 1.87. The van der Waals surface area contributed by atoms with Crippen LogP contribution >= 0.6 is 11.6 Å². The number of amides is 1. The fourth-order valence-electron chi connectivity index (χ4n) is 2.25. The van der Waals surface area contributed by atoms with E-state index in [4.69, 9.17) is 11.6 Å². The highest BCUT2D eigenvalue weighted by Crippen LogP contribution is 2.31. The monoisotopic (exact) mass is 369 g/mol. The molecule has 0 atom stereocenters. The summed E-state index contributed by atoms with van der Waals surface area (Å²) in [5.41, 5.74) is -0.915. The Morgan fingerprint density at radius 2 is 1.64 bits per heavy atom. The quantitative estimate of drug-likeness (QED) is 0.590. The Morgan fingerprint density at radius 3 is 2.28 bits per heavy atom. The second kappa shape index (κ2) is 8.16. The molecule has 1 amide bonds. The van der Waals surface area contributed by atoms with E-state index < -0.39 is 23.2 Å². The number of rotatable bonds is 6. The highest BCUT2D eigenvalue weighted by atomic mass is 35.5. The minimum atomic E-state index is -4.60. The van der Waals surface area contributed by atoms with Gasteiger partial charge in [-0.05, 0) is 42.8 Å². The molecule has 25 heavy (non-hydrogen) atoms. The van der Waals surface area contributed by atoms with Crippen molar-refractivity contribution in [3.63, 3.8) is 0 Å². The first kappa shape index (κ1) is 19.0. The molecule has 0 heterocycles. The van der Waals surface area contributed by atoms with Gasteiger partial charge in [0.2, 0.25) is 0 Å². The lowest BCUT2D eigenvalue weighted by Crippen LogP contribution is -2.27. The van der Waals surface area contributed by atoms with Crippen LogP contribution in [-0.4, -0.2) is 18.2 Å². The molecule has 1 N–H and O–H groups in total. The molecule has 0 spiro atoms. The maximum absolute atomic E-state index is 12.9. The molecule has 0 saturated heterocycles. The largest absolute Gasteiger partial charge is 0.417 e. The van der Waals surface area contributed by atoms with Gasteiger partial charge in [-0.15, -0.1) is 0 Å². The van der Waals surface area contributed by atoms with Gasteiger partial charge in [0.25, 0.3) is 5.91 Å². The van der Waals surface area contributed by atoms with Gasteiger partial charge < -0.3 is 5.32 Å². The molecule has 132 valence electrons. The van der Waals surface area contributed by atoms with Gasteiger partial charge in [-0.25, -0.2) is 0 Å². The van der Waals surface area contributed by atoms with Gasteiger partial charge in [-0.3, -0.25) is 9.59 Å². The fraction of sp³-hybridized carbons (Fsp3) is 0.222. The number of halogens is 4. The van der Waals surface area contributed by atoms with Gasteiger partial charge in [0.1, 0.15) is 0 Å². The standard InChI is InChI=1S/C18H15ClF3NO2/c19-13-9-7-12(8-10-13)16(24)6-3-11-23-17(25)14-4-1-2-5-15(14)18(20,21)22/h1-2,4-5,7-10H,3,6,11H2,(H,23,25). The van der Waals surface area contributed by atoms with E-state index in [1.165, 1.54) is 12.1 Å². The third kappa shape index (κ3) is 5.32. The first-order valence-corrected chi connectivity index (χ1v) is 7.90. The number of alkyl halides is 3. The molecule has 0 aliphatic heterocycles. The Kier molecular flexibility index (Phi) is 6.20. The second-order valence-corrected chi connectivity index (χ2v) is 5.77. The van der Waals surface area contributed by atoms with Crippen molar-refractivity contribution in [2.24, 2.45) is 0 Å². The number of Topliss-reactive ketones (excluding diaryl/α,β-unsaturated/α-hetero) is 1. The minimum absolute atomic E-state index is 0.102. The predicted molar refractivity (Wildman–Crippen MR) is 88.8 cm³/mol. The number of hydrogen-bond donors (Lipinski definition) is 1. The second-order valence-electron chi connectivity index (χ2n) is 5.33. The first-order chi connectivity index (χ1) is 11.8. The van der Waals surface area contributed by atoms with Crippen LogP contribution in [0.25, 0.3) is 0 Å². The maximum atomic E-state index is 12.9. The summed E-state index contributed by atoms with van der Waals surface area (Å²) >= 11 is 5.74. The number of benzene rings is 2. The van der Waals surface area contributed by atoms with Crippen molar-refractivity contribution in [3.8, 4) is 0 Å². The first-order valence-electron chi connectivity index (χ1n) is 7.52. The molecule has 2 aromatic carbocycles. The van der Waals surface area contributed by atoms with Gasteiger partial charge in [-0.2, -0.15) is 13.2 Å². The molecule has 0 radical (unpaired) electrons. The summed E-state index contributed by atoms with van der Waals surface area (Å²) in [6, 6.07) is 11.0. The van der Waals surface area contributed by atoms with E-state index in [0.717, 1.165) is 12.1 Å². The molecule has 0 saturated carbocycles.